The van der Waals surface area contributed by atoms with Gasteiger partial charge in [-0.2, -0.15) is 0 Å². The molecule has 0 aliphatic rings. The molecule has 0 spiro atoms. The molecule has 0 radical (unpaired) electrons. The van der Waals surface area contributed by atoms with Crippen molar-refractivity contribution in [1.82, 2.24) is 0 Å². The van der Waals surface area contributed by atoms with Crippen LogP contribution in [0.4, 0.5) is 0 Å². The van der Waals surface area contributed by atoms with Crippen molar-refractivity contribution in [2.45, 2.75) is 85.6 Å². The fourth-order valence-electron chi connectivity index (χ4n) is 4.03. The Morgan fingerprint density at radius 3 is 1.38 bits per heavy atom. The first kappa shape index (κ1) is 28.6. The van der Waals surface area contributed by atoms with Gasteiger partial charge in [-0.05, 0) is 79.8 Å². The fourth-order valence-corrected chi connectivity index (χ4v) is 4.90. The van der Waals surface area contributed by atoms with Gasteiger partial charge in [0.1, 0.15) is 5.41 Å². The summed E-state index contributed by atoms with van der Waals surface area (Å²) in [4.78, 5) is 0. The van der Waals surface area contributed by atoms with Gasteiger partial charge >= 0.3 is 0 Å². The lowest BCUT2D eigenvalue weighted by atomic mass is 9.62. The van der Waals surface area contributed by atoms with Gasteiger partial charge in [0.05, 0.1) is 18.3 Å². The van der Waals surface area contributed by atoms with Crippen LogP contribution in [0.1, 0.15) is 55.4 Å². The summed E-state index contributed by atoms with van der Waals surface area (Å²) in [5.74, 6) is 0. The van der Waals surface area contributed by atoms with Crippen molar-refractivity contribution in [2.75, 3.05) is 26.4 Å². The summed E-state index contributed by atoms with van der Waals surface area (Å²) in [6.07, 6.45) is -3.09. The molecule has 5 atom stereocenters. The molecular formula is C20H38O7S2. The molecule has 0 aromatic rings. The van der Waals surface area contributed by atoms with E-state index in [1.807, 2.05) is 27.7 Å². The highest BCUT2D eigenvalue weighted by Crippen LogP contribution is 2.49. The third-order valence-corrected chi connectivity index (χ3v) is 5.79. The first-order valence-electron chi connectivity index (χ1n) is 10.1. The molecular weight excluding hydrogens is 416 g/mol. The van der Waals surface area contributed by atoms with E-state index in [9.17, 15) is 10.2 Å². The topological polar surface area (TPSA) is 86.6 Å². The van der Waals surface area contributed by atoms with E-state index in [1.165, 1.54) is 0 Å². The smallest absolute Gasteiger partial charge is 0.193 e. The van der Waals surface area contributed by atoms with Gasteiger partial charge in [-0.25, -0.2) is 0 Å². The minimum absolute atomic E-state index is 0.318. The van der Waals surface area contributed by atoms with E-state index >= 15 is 0 Å². The third-order valence-electron chi connectivity index (χ3n) is 5.14. The number of aliphatic hydroxyl groups excluding tert-OH is 2. The van der Waals surface area contributed by atoms with Crippen molar-refractivity contribution < 1.29 is 33.9 Å². The maximum atomic E-state index is 10.9. The zero-order valence-electron chi connectivity index (χ0n) is 18.9. The van der Waals surface area contributed by atoms with Crippen LogP contribution in [0.2, 0.25) is 0 Å². The number of hydrogen-bond donors (Lipinski definition) is 2. The number of hydrogen-bond acceptors (Lipinski definition) is 7. The summed E-state index contributed by atoms with van der Waals surface area (Å²) in [7, 11) is 0. The Bertz CT molecular complexity index is 505. The van der Waals surface area contributed by atoms with Gasteiger partial charge in [0.25, 0.3) is 0 Å². The summed E-state index contributed by atoms with van der Waals surface area (Å²) in [5, 5.41) is 20.8. The molecule has 5 unspecified atom stereocenters. The maximum Gasteiger partial charge on any atom is 0.193 e. The quantitative estimate of drug-likeness (QED) is 0.264. The number of ether oxygens (including phenoxy) is 5. The van der Waals surface area contributed by atoms with Gasteiger partial charge in [0.15, 0.2) is 22.0 Å². The second kappa shape index (κ2) is 13.1. The van der Waals surface area contributed by atoms with Crippen LogP contribution in [0.5, 0.6) is 0 Å². The first-order valence-corrected chi connectivity index (χ1v) is 11.0. The number of aliphatic hydroxyl groups is 2. The molecule has 0 amide bonds. The SMILES string of the molecule is CCOC(C)OC(C(O)=S)(C(C)OCC)C(C(O)=S)(C(C)OCC)C(C)OCC. The van der Waals surface area contributed by atoms with E-state index in [0.29, 0.717) is 26.4 Å². The van der Waals surface area contributed by atoms with Gasteiger partial charge in [-0.1, -0.05) is 0 Å². The third kappa shape index (κ3) is 5.84. The van der Waals surface area contributed by atoms with Gasteiger partial charge in [-0.15, -0.1) is 0 Å². The van der Waals surface area contributed by atoms with E-state index < -0.39 is 45.7 Å². The van der Waals surface area contributed by atoms with Crippen molar-refractivity contribution in [3.05, 3.63) is 0 Å². The van der Waals surface area contributed by atoms with E-state index in [2.05, 4.69) is 0 Å². The molecule has 0 bridgehead atoms. The van der Waals surface area contributed by atoms with Crippen LogP contribution in [0.25, 0.3) is 0 Å². The second-order valence-corrected chi connectivity index (χ2v) is 7.42. The Labute approximate surface area is 186 Å². The molecule has 172 valence electrons. The van der Waals surface area contributed by atoms with Crippen molar-refractivity contribution in [3.8, 4) is 0 Å². The summed E-state index contributed by atoms with van der Waals surface area (Å²) in [6.45, 7) is 15.5. The van der Waals surface area contributed by atoms with Gasteiger partial charge in [-0.3, -0.25) is 0 Å². The highest BCUT2D eigenvalue weighted by molar-refractivity contribution is 7.80. The minimum atomic E-state index is -1.79. The molecule has 0 saturated carbocycles. The number of rotatable bonds is 16. The maximum absolute atomic E-state index is 10.9. The Morgan fingerprint density at radius 2 is 1.07 bits per heavy atom. The van der Waals surface area contributed by atoms with Crippen molar-refractivity contribution in [3.63, 3.8) is 0 Å². The molecule has 0 heterocycles. The van der Waals surface area contributed by atoms with Crippen LogP contribution in [0.3, 0.4) is 0 Å². The van der Waals surface area contributed by atoms with E-state index in [4.69, 9.17) is 48.1 Å². The summed E-state index contributed by atoms with van der Waals surface area (Å²) in [5.41, 5.74) is -3.36. The van der Waals surface area contributed by atoms with E-state index in [1.54, 1.807) is 27.7 Å². The molecule has 29 heavy (non-hydrogen) atoms. The standard InChI is InChI=1S/C20H38O7S2/c1-9-23-13(5)19(17(21)28,14(6)24-10-2)20(18(22)29,15(7)25-11-3)27-16(8)26-12-4/h13-16H,9-12H2,1-8H3,(H,21,28)(H,22,29). The molecule has 0 rings (SSSR count). The summed E-state index contributed by atoms with van der Waals surface area (Å²) >= 11 is 10.7. The largest absolute Gasteiger partial charge is 0.501 e. The summed E-state index contributed by atoms with van der Waals surface area (Å²) < 4.78 is 29.5. The Kier molecular flexibility index (Phi) is 12.9. The Balaban J connectivity index is 7.10. The number of thiocarbonyl (C=S) groups is 2. The van der Waals surface area contributed by atoms with Crippen LogP contribution in [-0.4, -0.2) is 76.9 Å². The van der Waals surface area contributed by atoms with Crippen LogP contribution in [-0.2, 0) is 23.7 Å². The second-order valence-electron chi connectivity index (χ2n) is 6.65. The van der Waals surface area contributed by atoms with E-state index in [0.717, 1.165) is 0 Å². The molecule has 0 saturated heterocycles. The van der Waals surface area contributed by atoms with Crippen LogP contribution < -0.4 is 0 Å². The molecule has 7 nitrogen and oxygen atoms in total. The molecule has 2 N–H and O–H groups in total. The summed E-state index contributed by atoms with van der Waals surface area (Å²) in [6, 6.07) is 0. The predicted octanol–water partition coefficient (Wildman–Crippen LogP) is 4.16. The first-order chi connectivity index (χ1) is 13.5. The van der Waals surface area contributed by atoms with Crippen LogP contribution in [0.15, 0.2) is 0 Å². The van der Waals surface area contributed by atoms with Gasteiger partial charge in [0.2, 0.25) is 0 Å². The minimum Gasteiger partial charge on any atom is -0.501 e. The molecule has 0 aromatic heterocycles. The Morgan fingerprint density at radius 1 is 0.690 bits per heavy atom. The predicted molar refractivity (Wildman–Crippen MR) is 121 cm³/mol. The average molecular weight is 455 g/mol. The zero-order valence-corrected chi connectivity index (χ0v) is 20.5. The lowest BCUT2D eigenvalue weighted by molar-refractivity contribution is -0.271. The fraction of sp³-hybridized carbons (Fsp3) is 0.900. The molecule has 9 heteroatoms. The van der Waals surface area contributed by atoms with Crippen molar-refractivity contribution in [1.29, 1.82) is 0 Å². The monoisotopic (exact) mass is 454 g/mol. The Hall–Kier alpha value is -0.420. The molecule has 0 aromatic carbocycles. The highest BCUT2D eigenvalue weighted by Gasteiger charge is 2.69. The van der Waals surface area contributed by atoms with Gasteiger partial charge < -0.3 is 33.9 Å². The average Bonchev–Trinajstić information content (AvgIpc) is 2.61. The van der Waals surface area contributed by atoms with Crippen LogP contribution in [0, 0.1) is 5.41 Å². The van der Waals surface area contributed by atoms with Crippen LogP contribution >= 0.6 is 24.4 Å². The van der Waals surface area contributed by atoms with E-state index in [-0.39, 0.29) is 0 Å². The molecule has 0 aliphatic carbocycles. The van der Waals surface area contributed by atoms with Crippen molar-refractivity contribution in [2.24, 2.45) is 5.41 Å². The normalized spacial score (nSPS) is 20.1. The molecule has 0 aliphatic heterocycles. The lowest BCUT2D eigenvalue weighted by Gasteiger charge is -2.55. The molecule has 0 fully saturated rings. The van der Waals surface area contributed by atoms with Gasteiger partial charge in [0, 0.05) is 26.4 Å². The highest BCUT2D eigenvalue weighted by atomic mass is 32.1. The zero-order chi connectivity index (χ0) is 22.8. The lowest BCUT2D eigenvalue weighted by Crippen LogP contribution is -2.73. The van der Waals surface area contributed by atoms with Crippen molar-refractivity contribution >= 4 is 34.5 Å².